The van der Waals surface area contributed by atoms with Crippen LogP contribution in [0.15, 0.2) is 28.2 Å². The van der Waals surface area contributed by atoms with Gasteiger partial charge in [0.15, 0.2) is 10.9 Å². The number of ketones is 1. The van der Waals surface area contributed by atoms with Gasteiger partial charge in [-0.05, 0) is 69.6 Å². The van der Waals surface area contributed by atoms with Crippen molar-refractivity contribution < 1.29 is 4.79 Å². The number of carbonyl (C=O) groups is 1. The number of aromatic nitrogens is 2. The first-order valence-electron chi connectivity index (χ1n) is 11.3. The molecule has 162 valence electrons. The van der Waals surface area contributed by atoms with E-state index < -0.39 is 0 Å². The maximum atomic E-state index is 13.7. The second kappa shape index (κ2) is 8.55. The number of rotatable bonds is 5. The van der Waals surface area contributed by atoms with Crippen molar-refractivity contribution in [2.45, 2.75) is 76.4 Å². The Balaban J connectivity index is 1.54. The molecule has 2 heterocycles. The van der Waals surface area contributed by atoms with Gasteiger partial charge in [0.25, 0.3) is 5.56 Å². The van der Waals surface area contributed by atoms with Gasteiger partial charge in [-0.1, -0.05) is 42.3 Å². The molecule has 1 fully saturated rings. The average molecular weight is 453 g/mol. The highest BCUT2D eigenvalue weighted by atomic mass is 32.2. The van der Waals surface area contributed by atoms with Crippen LogP contribution in [0.1, 0.15) is 76.5 Å². The van der Waals surface area contributed by atoms with Gasteiger partial charge in [-0.3, -0.25) is 14.2 Å². The number of Topliss-reactive ketones (excluding diaryl/α,β-unsaturated/α-hetero) is 1. The van der Waals surface area contributed by atoms with E-state index in [9.17, 15) is 9.59 Å². The Hall–Kier alpha value is -1.92. The van der Waals surface area contributed by atoms with Crippen molar-refractivity contribution in [2.75, 3.05) is 5.75 Å². The predicted octanol–water partition coefficient (Wildman–Crippen LogP) is 6.04. The zero-order valence-electron chi connectivity index (χ0n) is 18.2. The lowest BCUT2D eigenvalue weighted by molar-refractivity contribution is 0.102. The van der Waals surface area contributed by atoms with Crippen LogP contribution in [0.4, 0.5) is 0 Å². The van der Waals surface area contributed by atoms with Gasteiger partial charge in [0.1, 0.15) is 4.83 Å². The predicted molar refractivity (Wildman–Crippen MR) is 129 cm³/mol. The van der Waals surface area contributed by atoms with Gasteiger partial charge in [-0.15, -0.1) is 11.3 Å². The van der Waals surface area contributed by atoms with Gasteiger partial charge in [0.2, 0.25) is 0 Å². The number of aryl methyl sites for hydroxylation is 4. The van der Waals surface area contributed by atoms with Gasteiger partial charge in [0.05, 0.1) is 11.1 Å². The van der Waals surface area contributed by atoms with Crippen LogP contribution in [0.25, 0.3) is 10.2 Å². The third kappa shape index (κ3) is 3.89. The highest BCUT2D eigenvalue weighted by Crippen LogP contribution is 2.37. The van der Waals surface area contributed by atoms with Gasteiger partial charge < -0.3 is 0 Å². The van der Waals surface area contributed by atoms with Gasteiger partial charge in [-0.2, -0.15) is 0 Å². The van der Waals surface area contributed by atoms with E-state index in [4.69, 9.17) is 4.98 Å². The summed E-state index contributed by atoms with van der Waals surface area (Å²) in [5.74, 6) is 0.407. The average Bonchev–Trinajstić information content (AvgIpc) is 3.41. The molecule has 2 aromatic heterocycles. The minimum Gasteiger partial charge on any atom is -0.293 e. The highest BCUT2D eigenvalue weighted by molar-refractivity contribution is 7.99. The van der Waals surface area contributed by atoms with Crippen molar-refractivity contribution in [3.05, 3.63) is 55.7 Å². The van der Waals surface area contributed by atoms with Crippen LogP contribution < -0.4 is 5.56 Å². The summed E-state index contributed by atoms with van der Waals surface area (Å²) >= 11 is 3.13. The molecule has 2 aliphatic carbocycles. The van der Waals surface area contributed by atoms with E-state index in [1.165, 1.54) is 28.6 Å². The zero-order valence-corrected chi connectivity index (χ0v) is 19.8. The van der Waals surface area contributed by atoms with Crippen molar-refractivity contribution in [3.8, 4) is 0 Å². The number of fused-ring (bicyclic) bond motifs is 3. The van der Waals surface area contributed by atoms with E-state index in [0.29, 0.717) is 5.75 Å². The zero-order chi connectivity index (χ0) is 21.5. The first kappa shape index (κ1) is 21.0. The van der Waals surface area contributed by atoms with Crippen molar-refractivity contribution in [2.24, 2.45) is 0 Å². The summed E-state index contributed by atoms with van der Waals surface area (Å²) < 4.78 is 1.94. The normalized spacial score (nSPS) is 16.7. The molecule has 0 bridgehead atoms. The Bertz CT molecular complexity index is 1220. The van der Waals surface area contributed by atoms with Crippen LogP contribution in [-0.2, 0) is 12.8 Å². The molecule has 31 heavy (non-hydrogen) atoms. The summed E-state index contributed by atoms with van der Waals surface area (Å²) in [6.45, 7) is 3.99. The number of thiophene rings is 1. The molecule has 0 spiro atoms. The first-order valence-corrected chi connectivity index (χ1v) is 13.1. The topological polar surface area (TPSA) is 52.0 Å². The molecule has 0 unspecified atom stereocenters. The number of hydrogen-bond donors (Lipinski definition) is 0. The Morgan fingerprint density at radius 3 is 2.74 bits per heavy atom. The van der Waals surface area contributed by atoms with Crippen LogP contribution in [0.5, 0.6) is 0 Å². The molecule has 3 aromatic rings. The van der Waals surface area contributed by atoms with E-state index in [2.05, 4.69) is 0 Å². The van der Waals surface area contributed by atoms with Crippen LogP contribution >= 0.6 is 23.1 Å². The molecular weight excluding hydrogens is 424 g/mol. The van der Waals surface area contributed by atoms with E-state index >= 15 is 0 Å². The first-order chi connectivity index (χ1) is 15.0. The van der Waals surface area contributed by atoms with Gasteiger partial charge in [0, 0.05) is 16.5 Å². The van der Waals surface area contributed by atoms with Crippen molar-refractivity contribution >= 4 is 39.1 Å². The second-order valence-electron chi connectivity index (χ2n) is 8.93. The monoisotopic (exact) mass is 452 g/mol. The fourth-order valence-electron chi connectivity index (χ4n) is 5.03. The summed E-state index contributed by atoms with van der Waals surface area (Å²) in [4.78, 5) is 33.9. The minimum atomic E-state index is 0.101. The number of thioether (sulfide) groups is 1. The fourth-order valence-corrected chi connectivity index (χ4v) is 7.28. The van der Waals surface area contributed by atoms with Crippen molar-refractivity contribution in [3.63, 3.8) is 0 Å². The molecule has 1 aromatic carbocycles. The van der Waals surface area contributed by atoms with Crippen molar-refractivity contribution in [1.29, 1.82) is 0 Å². The molecule has 2 aliphatic rings. The molecule has 1 saturated carbocycles. The van der Waals surface area contributed by atoms with Gasteiger partial charge in [-0.25, -0.2) is 4.98 Å². The lowest BCUT2D eigenvalue weighted by Gasteiger charge is -2.18. The summed E-state index contributed by atoms with van der Waals surface area (Å²) in [6, 6.07) is 6.21. The lowest BCUT2D eigenvalue weighted by atomic mass is 9.97. The van der Waals surface area contributed by atoms with E-state index in [-0.39, 0.29) is 17.4 Å². The molecular formula is C25H28N2O2S2. The maximum absolute atomic E-state index is 13.7. The molecule has 0 radical (unpaired) electrons. The smallest absolute Gasteiger partial charge is 0.263 e. The standard InChI is InChI=1S/C25H28N2O2S2/c1-15-11-12-16(2)19(13-15)20(28)14-30-25-26-23-22(18-9-5-6-10-21(18)31-23)24(29)27(25)17-7-3-4-8-17/h11-13,17H,3-10,14H2,1-2H3. The molecule has 0 amide bonds. The second-order valence-corrected chi connectivity index (χ2v) is 11.0. The molecule has 5 rings (SSSR count). The summed E-state index contributed by atoms with van der Waals surface area (Å²) in [5.41, 5.74) is 4.23. The number of hydrogen-bond acceptors (Lipinski definition) is 5. The van der Waals surface area contributed by atoms with E-state index in [1.807, 2.05) is 36.6 Å². The van der Waals surface area contributed by atoms with Crippen LogP contribution in [0.3, 0.4) is 0 Å². The summed E-state index contributed by atoms with van der Waals surface area (Å²) in [5, 5.41) is 1.58. The van der Waals surface area contributed by atoms with E-state index in [1.54, 1.807) is 11.3 Å². The molecule has 0 atom stereocenters. The SMILES string of the molecule is Cc1ccc(C)c(C(=O)CSc2nc3sc4c(c3c(=O)n2C2CCCC2)CCCC4)c1. The molecule has 4 nitrogen and oxygen atoms in total. The van der Waals surface area contributed by atoms with Crippen LogP contribution in [0, 0.1) is 13.8 Å². The molecule has 0 N–H and O–H groups in total. The Morgan fingerprint density at radius 2 is 1.94 bits per heavy atom. The largest absolute Gasteiger partial charge is 0.293 e. The molecule has 6 heteroatoms. The Morgan fingerprint density at radius 1 is 1.16 bits per heavy atom. The lowest BCUT2D eigenvalue weighted by Crippen LogP contribution is -2.27. The summed E-state index contributed by atoms with van der Waals surface area (Å²) in [7, 11) is 0. The third-order valence-electron chi connectivity index (χ3n) is 6.70. The number of benzene rings is 1. The highest BCUT2D eigenvalue weighted by Gasteiger charge is 2.27. The quantitative estimate of drug-likeness (QED) is 0.269. The Kier molecular flexibility index (Phi) is 5.78. The third-order valence-corrected chi connectivity index (χ3v) is 8.84. The van der Waals surface area contributed by atoms with E-state index in [0.717, 1.165) is 77.0 Å². The Labute approximate surface area is 191 Å². The number of carbonyl (C=O) groups excluding carboxylic acids is 1. The van der Waals surface area contributed by atoms with Crippen LogP contribution in [-0.4, -0.2) is 21.1 Å². The molecule has 0 aliphatic heterocycles. The molecule has 0 saturated heterocycles. The van der Waals surface area contributed by atoms with Crippen molar-refractivity contribution in [1.82, 2.24) is 9.55 Å². The number of nitrogens with zero attached hydrogens (tertiary/aromatic N) is 2. The van der Waals surface area contributed by atoms with Crippen LogP contribution in [0.2, 0.25) is 0 Å². The minimum absolute atomic E-state index is 0.101. The van der Waals surface area contributed by atoms with Gasteiger partial charge >= 0.3 is 0 Å². The fraction of sp³-hybridized carbons (Fsp3) is 0.480. The summed E-state index contributed by atoms with van der Waals surface area (Å²) in [6.07, 6.45) is 8.77. The maximum Gasteiger partial charge on any atom is 0.263 e.